The molecule has 0 saturated carbocycles. The van der Waals surface area contributed by atoms with Gasteiger partial charge in [0.25, 0.3) is 0 Å². The molecule has 0 amide bonds. The van der Waals surface area contributed by atoms with E-state index in [0.717, 1.165) is 25.7 Å². The molecule has 0 bridgehead atoms. The molecule has 0 atom stereocenters. The van der Waals surface area contributed by atoms with Crippen LogP contribution in [0.3, 0.4) is 0 Å². The van der Waals surface area contributed by atoms with Crippen LogP contribution in [0.2, 0.25) is 0 Å². The quantitative estimate of drug-likeness (QED) is 0.559. The van der Waals surface area contributed by atoms with Crippen molar-refractivity contribution in [2.75, 3.05) is 0 Å². The lowest BCUT2D eigenvalue weighted by Gasteiger charge is -1.94. The van der Waals surface area contributed by atoms with Gasteiger partial charge in [-0.25, -0.2) is 4.79 Å². The summed E-state index contributed by atoms with van der Waals surface area (Å²) in [4.78, 5) is 13.2. The van der Waals surface area contributed by atoms with E-state index in [9.17, 15) is 9.32 Å². The minimum atomic E-state index is -0.754. The number of hydrogen-bond donors (Lipinski definition) is 0. The van der Waals surface area contributed by atoms with Crippen LogP contribution in [0, 0.1) is 0 Å². The normalized spacial score (nSPS) is 9.40. The van der Waals surface area contributed by atoms with Crippen molar-refractivity contribution >= 4 is 5.97 Å². The summed E-state index contributed by atoms with van der Waals surface area (Å²) in [5, 5.41) is 0. The summed E-state index contributed by atoms with van der Waals surface area (Å²) >= 11 is 0. The highest BCUT2D eigenvalue weighted by Gasteiger charge is 2.00. The molecule has 0 aliphatic carbocycles. The molecule has 0 aliphatic rings. The van der Waals surface area contributed by atoms with Crippen LogP contribution in [-0.4, -0.2) is 5.97 Å². The van der Waals surface area contributed by atoms with Gasteiger partial charge in [0.15, 0.2) is 0 Å². The monoisotopic (exact) mass is 148 g/mol. The minimum absolute atomic E-state index is 0.205. The third-order valence-corrected chi connectivity index (χ3v) is 1.32. The summed E-state index contributed by atoms with van der Waals surface area (Å²) in [6.45, 7) is 2.08. The van der Waals surface area contributed by atoms with Gasteiger partial charge in [-0.3, -0.25) is 4.94 Å². The smallest absolute Gasteiger partial charge is 0.255 e. The first kappa shape index (κ1) is 9.40. The van der Waals surface area contributed by atoms with Crippen molar-refractivity contribution in [2.24, 2.45) is 0 Å². The van der Waals surface area contributed by atoms with E-state index >= 15 is 0 Å². The van der Waals surface area contributed by atoms with Crippen molar-refractivity contribution in [3.05, 3.63) is 0 Å². The van der Waals surface area contributed by atoms with E-state index in [1.807, 2.05) is 0 Å². The van der Waals surface area contributed by atoms with Gasteiger partial charge >= 0.3 is 5.97 Å². The van der Waals surface area contributed by atoms with Crippen molar-refractivity contribution in [1.82, 2.24) is 0 Å². The van der Waals surface area contributed by atoms with E-state index < -0.39 is 5.97 Å². The summed E-state index contributed by atoms with van der Waals surface area (Å²) in [7, 11) is 0. The molecule has 0 saturated heterocycles. The Labute approximate surface area is 60.3 Å². The van der Waals surface area contributed by atoms with Gasteiger partial charge in [-0.05, 0) is 6.42 Å². The molecule has 3 heteroatoms. The molecule has 10 heavy (non-hydrogen) atoms. The molecule has 0 rings (SSSR count). The maximum absolute atomic E-state index is 11.0. The molecule has 0 spiro atoms. The standard InChI is InChI=1S/C7H13FO2/c1-2-3-4-5-6-7(9)10-8/h2-6H2,1H3. The predicted octanol–water partition coefficient (Wildman–Crippen LogP) is 2.38. The van der Waals surface area contributed by atoms with E-state index in [4.69, 9.17) is 0 Å². The Morgan fingerprint density at radius 1 is 1.40 bits per heavy atom. The fraction of sp³-hybridized carbons (Fsp3) is 0.857. The summed E-state index contributed by atoms with van der Waals surface area (Å²) in [5.74, 6) is -0.754. The van der Waals surface area contributed by atoms with Crippen LogP contribution in [0.5, 0.6) is 0 Å². The predicted molar refractivity (Wildman–Crippen MR) is 36.0 cm³/mol. The Bertz CT molecular complexity index is 93.6. The zero-order valence-electron chi connectivity index (χ0n) is 6.23. The van der Waals surface area contributed by atoms with E-state index in [0.29, 0.717) is 0 Å². The maximum atomic E-state index is 11.0. The molecule has 0 unspecified atom stereocenters. The van der Waals surface area contributed by atoms with Crippen LogP contribution in [0.4, 0.5) is 4.53 Å². The molecule has 0 fully saturated rings. The highest BCUT2D eigenvalue weighted by atomic mass is 19.3. The van der Waals surface area contributed by atoms with E-state index in [1.165, 1.54) is 0 Å². The highest BCUT2D eigenvalue weighted by molar-refractivity contribution is 5.68. The van der Waals surface area contributed by atoms with Crippen LogP contribution < -0.4 is 0 Å². The Morgan fingerprint density at radius 3 is 2.60 bits per heavy atom. The molecule has 0 aromatic rings. The zero-order valence-corrected chi connectivity index (χ0v) is 6.23. The van der Waals surface area contributed by atoms with Crippen LogP contribution in [0.1, 0.15) is 39.0 Å². The maximum Gasteiger partial charge on any atom is 0.348 e. The lowest BCUT2D eigenvalue weighted by molar-refractivity contribution is -0.183. The van der Waals surface area contributed by atoms with Crippen LogP contribution >= 0.6 is 0 Å². The molecule has 0 heterocycles. The average Bonchev–Trinajstić information content (AvgIpc) is 1.98. The molecule has 0 aromatic heterocycles. The first-order valence-corrected chi connectivity index (χ1v) is 3.62. The lowest BCUT2D eigenvalue weighted by atomic mass is 10.2. The van der Waals surface area contributed by atoms with Gasteiger partial charge in [0.1, 0.15) is 0 Å². The summed E-state index contributed by atoms with van der Waals surface area (Å²) in [5.41, 5.74) is 0. The van der Waals surface area contributed by atoms with E-state index in [2.05, 4.69) is 11.9 Å². The fourth-order valence-corrected chi connectivity index (χ4v) is 0.735. The van der Waals surface area contributed by atoms with Crippen molar-refractivity contribution in [3.8, 4) is 0 Å². The van der Waals surface area contributed by atoms with Crippen LogP contribution in [0.25, 0.3) is 0 Å². The third-order valence-electron chi connectivity index (χ3n) is 1.32. The SMILES string of the molecule is CCCCCCC(=O)OF. The van der Waals surface area contributed by atoms with Crippen molar-refractivity contribution < 1.29 is 14.3 Å². The number of carbonyl (C=O) groups excluding carboxylic acids is 1. The lowest BCUT2D eigenvalue weighted by Crippen LogP contribution is -1.96. The molecular weight excluding hydrogens is 135 g/mol. The number of halogens is 1. The van der Waals surface area contributed by atoms with Crippen LogP contribution in [-0.2, 0) is 9.74 Å². The van der Waals surface area contributed by atoms with Gasteiger partial charge in [-0.15, -0.1) is 0 Å². The van der Waals surface area contributed by atoms with Gasteiger partial charge in [-0.1, -0.05) is 26.2 Å². The van der Waals surface area contributed by atoms with Gasteiger partial charge < -0.3 is 0 Å². The first-order valence-electron chi connectivity index (χ1n) is 3.62. The van der Waals surface area contributed by atoms with Gasteiger partial charge in [0.05, 0.1) is 0 Å². The Balaban J connectivity index is 2.96. The second kappa shape index (κ2) is 6.52. The van der Waals surface area contributed by atoms with Crippen molar-refractivity contribution in [3.63, 3.8) is 0 Å². The Morgan fingerprint density at radius 2 is 2.10 bits per heavy atom. The number of rotatable bonds is 5. The van der Waals surface area contributed by atoms with Crippen LogP contribution in [0.15, 0.2) is 0 Å². The highest BCUT2D eigenvalue weighted by Crippen LogP contribution is 2.03. The van der Waals surface area contributed by atoms with Crippen molar-refractivity contribution in [2.45, 2.75) is 39.0 Å². The minimum Gasteiger partial charge on any atom is -0.255 e. The molecule has 0 N–H and O–H groups in total. The second-order valence-electron chi connectivity index (χ2n) is 2.26. The topological polar surface area (TPSA) is 26.3 Å². The molecule has 0 aromatic carbocycles. The molecular formula is C7H13FO2. The molecule has 0 radical (unpaired) electrons. The summed E-state index contributed by atoms with van der Waals surface area (Å²) in [6.07, 6.45) is 4.13. The van der Waals surface area contributed by atoms with Gasteiger partial charge in [0.2, 0.25) is 0 Å². The molecule has 60 valence electrons. The fourth-order valence-electron chi connectivity index (χ4n) is 0.735. The Kier molecular flexibility index (Phi) is 6.13. The van der Waals surface area contributed by atoms with Gasteiger partial charge in [0, 0.05) is 10.9 Å². The van der Waals surface area contributed by atoms with Crippen molar-refractivity contribution in [1.29, 1.82) is 0 Å². The van der Waals surface area contributed by atoms with Gasteiger partial charge in [-0.2, -0.15) is 0 Å². The number of hydrogen-bond acceptors (Lipinski definition) is 2. The number of unbranched alkanes of at least 4 members (excludes halogenated alkanes) is 3. The summed E-state index contributed by atoms with van der Waals surface area (Å²) < 4.78 is 11.0. The second-order valence-corrected chi connectivity index (χ2v) is 2.26. The molecule has 0 aliphatic heterocycles. The zero-order chi connectivity index (χ0) is 7.82. The average molecular weight is 148 g/mol. The number of carbonyl (C=O) groups is 1. The first-order chi connectivity index (χ1) is 4.81. The molecule has 2 nitrogen and oxygen atoms in total. The largest absolute Gasteiger partial charge is 0.348 e. The Hall–Kier alpha value is -0.600. The third kappa shape index (κ3) is 5.54. The van der Waals surface area contributed by atoms with E-state index in [1.54, 1.807) is 0 Å². The summed E-state index contributed by atoms with van der Waals surface area (Å²) in [6, 6.07) is 0. The van der Waals surface area contributed by atoms with E-state index in [-0.39, 0.29) is 6.42 Å².